The van der Waals surface area contributed by atoms with E-state index in [1.165, 1.54) is 24.3 Å². The molecule has 0 aromatic heterocycles. The molecule has 0 atom stereocenters. The minimum atomic E-state index is -3.83. The second-order valence-electron chi connectivity index (χ2n) is 9.60. The first-order valence-electron chi connectivity index (χ1n) is 9.59. The fraction of sp³-hybridized carbons (Fsp3) is 0.455. The highest BCUT2D eigenvalue weighted by molar-refractivity contribution is 7.87. The summed E-state index contributed by atoms with van der Waals surface area (Å²) < 4.78 is 59.5. The van der Waals surface area contributed by atoms with Crippen LogP contribution in [0, 0.1) is 10.8 Å². The molecule has 6 nitrogen and oxygen atoms in total. The van der Waals surface area contributed by atoms with Crippen LogP contribution >= 0.6 is 0 Å². The Morgan fingerprint density at radius 1 is 0.567 bits per heavy atom. The minimum Gasteiger partial charge on any atom is -0.266 e. The summed E-state index contributed by atoms with van der Waals surface area (Å²) in [6.45, 7) is 11.5. The lowest BCUT2D eigenvalue weighted by atomic mass is 9.99. The van der Waals surface area contributed by atoms with Gasteiger partial charge in [-0.05, 0) is 46.2 Å². The van der Waals surface area contributed by atoms with Gasteiger partial charge in [-0.1, -0.05) is 65.8 Å². The van der Waals surface area contributed by atoms with E-state index in [9.17, 15) is 16.8 Å². The van der Waals surface area contributed by atoms with Gasteiger partial charge < -0.3 is 0 Å². The zero-order valence-corrected chi connectivity index (χ0v) is 19.9. The normalized spacial score (nSPS) is 13.4. The maximum atomic E-state index is 12.3. The fourth-order valence-electron chi connectivity index (χ4n) is 2.27. The predicted molar refractivity (Wildman–Crippen MR) is 117 cm³/mol. The van der Waals surface area contributed by atoms with Crippen molar-refractivity contribution < 1.29 is 25.2 Å². The van der Waals surface area contributed by atoms with Crippen molar-refractivity contribution >= 4 is 20.2 Å². The summed E-state index contributed by atoms with van der Waals surface area (Å²) in [5.41, 5.74) is 0.964. The molecule has 0 saturated carbocycles. The zero-order valence-electron chi connectivity index (χ0n) is 18.3. The Bertz CT molecular complexity index is 965. The number of hydrogen-bond donors (Lipinski definition) is 0. The van der Waals surface area contributed by atoms with Crippen LogP contribution in [0.4, 0.5) is 0 Å². The first-order chi connectivity index (χ1) is 13.6. The van der Waals surface area contributed by atoms with E-state index in [4.69, 9.17) is 8.37 Å². The smallest absolute Gasteiger partial charge is 0.266 e. The van der Waals surface area contributed by atoms with E-state index in [0.29, 0.717) is 0 Å². The molecule has 0 aliphatic rings. The van der Waals surface area contributed by atoms with Gasteiger partial charge in [0.1, 0.15) is 0 Å². The van der Waals surface area contributed by atoms with Gasteiger partial charge in [-0.15, -0.1) is 0 Å². The molecule has 0 bridgehead atoms. The van der Waals surface area contributed by atoms with Crippen molar-refractivity contribution in [2.45, 2.75) is 51.3 Å². The number of rotatable bonds is 7. The number of benzene rings is 2. The fourth-order valence-corrected chi connectivity index (χ4v) is 4.50. The van der Waals surface area contributed by atoms with Gasteiger partial charge in [0.05, 0.1) is 23.0 Å². The average Bonchev–Trinajstić information content (AvgIpc) is 2.64. The molecule has 0 fully saturated rings. The van der Waals surface area contributed by atoms with Gasteiger partial charge in [-0.3, -0.25) is 8.37 Å². The highest BCUT2D eigenvalue weighted by Crippen LogP contribution is 2.26. The third kappa shape index (κ3) is 7.19. The van der Waals surface area contributed by atoms with Crippen molar-refractivity contribution in [3.8, 4) is 11.1 Å². The van der Waals surface area contributed by atoms with Gasteiger partial charge in [0.2, 0.25) is 0 Å². The van der Waals surface area contributed by atoms with E-state index in [1.54, 1.807) is 24.3 Å². The molecule has 166 valence electrons. The van der Waals surface area contributed by atoms with Gasteiger partial charge in [-0.25, -0.2) is 0 Å². The van der Waals surface area contributed by atoms with Crippen LogP contribution in [0.15, 0.2) is 58.3 Å². The highest BCUT2D eigenvalue weighted by Gasteiger charge is 2.21. The molecule has 2 aromatic rings. The molecule has 2 aromatic carbocycles. The van der Waals surface area contributed by atoms with E-state index in [-0.39, 0.29) is 33.8 Å². The Morgan fingerprint density at radius 3 is 1.07 bits per heavy atom. The second-order valence-corrected chi connectivity index (χ2v) is 12.8. The van der Waals surface area contributed by atoms with Crippen LogP contribution in [-0.2, 0) is 28.6 Å². The molecule has 2 rings (SSSR count). The molecule has 0 saturated heterocycles. The first-order valence-corrected chi connectivity index (χ1v) is 12.4. The summed E-state index contributed by atoms with van der Waals surface area (Å²) >= 11 is 0. The average molecular weight is 455 g/mol. The van der Waals surface area contributed by atoms with Crippen molar-refractivity contribution in [2.24, 2.45) is 10.8 Å². The Labute approximate surface area is 180 Å². The lowest BCUT2D eigenvalue weighted by molar-refractivity contribution is 0.203. The van der Waals surface area contributed by atoms with E-state index < -0.39 is 20.2 Å². The Morgan fingerprint density at radius 2 is 0.833 bits per heavy atom. The third-order valence-electron chi connectivity index (χ3n) is 3.91. The molecule has 0 amide bonds. The van der Waals surface area contributed by atoms with E-state index in [0.717, 1.165) is 11.1 Å². The lowest BCUT2D eigenvalue weighted by Crippen LogP contribution is -2.18. The molecule has 0 radical (unpaired) electrons. The minimum absolute atomic E-state index is 0.0743. The molecule has 0 N–H and O–H groups in total. The quantitative estimate of drug-likeness (QED) is 0.556. The molecular weight excluding hydrogens is 424 g/mol. The van der Waals surface area contributed by atoms with Crippen LogP contribution < -0.4 is 0 Å². The predicted octanol–water partition coefficient (Wildman–Crippen LogP) is 4.86. The van der Waals surface area contributed by atoms with Crippen LogP contribution in [0.5, 0.6) is 0 Å². The Hall–Kier alpha value is -1.74. The van der Waals surface area contributed by atoms with E-state index >= 15 is 0 Å². The van der Waals surface area contributed by atoms with Gasteiger partial charge >= 0.3 is 0 Å². The molecule has 0 aliphatic carbocycles. The molecule has 0 unspecified atom stereocenters. The van der Waals surface area contributed by atoms with Gasteiger partial charge in [0.25, 0.3) is 20.2 Å². The Kier molecular flexibility index (Phi) is 7.18. The molecule has 30 heavy (non-hydrogen) atoms. The van der Waals surface area contributed by atoms with Crippen molar-refractivity contribution in [3.63, 3.8) is 0 Å². The van der Waals surface area contributed by atoms with E-state index in [2.05, 4.69) is 0 Å². The Balaban J connectivity index is 2.16. The number of hydrogen-bond acceptors (Lipinski definition) is 6. The van der Waals surface area contributed by atoms with Gasteiger partial charge in [-0.2, -0.15) is 16.8 Å². The largest absolute Gasteiger partial charge is 0.296 e. The molecule has 8 heteroatoms. The standard InChI is InChI=1S/C22H30O6S2/c1-21(2,3)15-27-29(23,24)19-11-7-17(8-12-19)18-9-13-20(14-10-18)30(25,26)28-16-22(4,5)6/h7-14H,15-16H2,1-6H3. The van der Waals surface area contributed by atoms with Crippen LogP contribution in [0.25, 0.3) is 11.1 Å². The first kappa shape index (κ1) is 24.5. The topological polar surface area (TPSA) is 86.7 Å². The van der Waals surface area contributed by atoms with Crippen LogP contribution in [-0.4, -0.2) is 30.0 Å². The lowest BCUT2D eigenvalue weighted by Gasteiger charge is -2.18. The van der Waals surface area contributed by atoms with Crippen molar-refractivity contribution in [3.05, 3.63) is 48.5 Å². The molecular formula is C22H30O6S2. The molecule has 0 heterocycles. The van der Waals surface area contributed by atoms with Crippen molar-refractivity contribution in [1.82, 2.24) is 0 Å². The molecule has 0 aliphatic heterocycles. The summed E-state index contributed by atoms with van der Waals surface area (Å²) in [5, 5.41) is 0. The van der Waals surface area contributed by atoms with Crippen LogP contribution in [0.2, 0.25) is 0 Å². The van der Waals surface area contributed by atoms with Gasteiger partial charge in [0, 0.05) is 0 Å². The zero-order chi connectivity index (χ0) is 22.8. The molecule has 0 spiro atoms. The summed E-state index contributed by atoms with van der Waals surface area (Å²) in [5.74, 6) is 0. The van der Waals surface area contributed by atoms with E-state index in [1.807, 2.05) is 41.5 Å². The second kappa shape index (κ2) is 8.78. The SMILES string of the molecule is CC(C)(C)COS(=O)(=O)c1ccc(-c2ccc(S(=O)(=O)OCC(C)(C)C)cc2)cc1. The summed E-state index contributed by atoms with van der Waals surface area (Å²) in [4.78, 5) is 0.149. The summed E-state index contributed by atoms with van der Waals surface area (Å²) in [6.07, 6.45) is 0. The maximum absolute atomic E-state index is 12.3. The summed E-state index contributed by atoms with van der Waals surface area (Å²) in [7, 11) is -7.67. The van der Waals surface area contributed by atoms with Crippen molar-refractivity contribution in [1.29, 1.82) is 0 Å². The van der Waals surface area contributed by atoms with Crippen molar-refractivity contribution in [2.75, 3.05) is 13.2 Å². The van der Waals surface area contributed by atoms with Crippen LogP contribution in [0.1, 0.15) is 41.5 Å². The summed E-state index contributed by atoms with van der Waals surface area (Å²) in [6, 6.07) is 12.5. The third-order valence-corrected chi connectivity index (χ3v) is 6.47. The highest BCUT2D eigenvalue weighted by atomic mass is 32.2. The van der Waals surface area contributed by atoms with Crippen LogP contribution in [0.3, 0.4) is 0 Å². The monoisotopic (exact) mass is 454 g/mol. The maximum Gasteiger partial charge on any atom is 0.296 e. The van der Waals surface area contributed by atoms with Gasteiger partial charge in [0.15, 0.2) is 0 Å².